The fourth-order valence-corrected chi connectivity index (χ4v) is 7.28. The van der Waals surface area contributed by atoms with E-state index in [4.69, 9.17) is 0 Å². The van der Waals surface area contributed by atoms with Crippen molar-refractivity contribution in [3.8, 4) is 0 Å². The maximum absolute atomic E-state index is 3.75. The Kier molecular flexibility index (Phi) is 3.72. The molecule has 0 radical (unpaired) electrons. The quantitative estimate of drug-likeness (QED) is 0.662. The highest BCUT2D eigenvalue weighted by Crippen LogP contribution is 2.70. The Morgan fingerprint density at radius 1 is 1.00 bits per heavy atom. The van der Waals surface area contributed by atoms with Crippen LogP contribution in [-0.2, 0) is 0 Å². The normalized spacial score (nSPS) is 47.7. The van der Waals surface area contributed by atoms with Crippen LogP contribution in [0.1, 0.15) is 85.0 Å². The molecule has 4 aliphatic carbocycles. The van der Waals surface area contributed by atoms with Gasteiger partial charge in [0.1, 0.15) is 0 Å². The van der Waals surface area contributed by atoms with E-state index in [0.717, 1.165) is 12.0 Å². The number of nitrogens with one attached hydrogen (secondary N) is 1. The molecule has 0 saturated heterocycles. The van der Waals surface area contributed by atoms with Crippen molar-refractivity contribution < 1.29 is 0 Å². The van der Waals surface area contributed by atoms with Crippen LogP contribution in [0.5, 0.6) is 0 Å². The third kappa shape index (κ3) is 2.45. The predicted molar refractivity (Wildman–Crippen MR) is 86.8 cm³/mol. The largest absolute Gasteiger partial charge is 0.316 e. The summed E-state index contributed by atoms with van der Waals surface area (Å²) in [4.78, 5) is 0. The Labute approximate surface area is 126 Å². The Balaban J connectivity index is 1.80. The molecule has 1 heteroatoms. The summed E-state index contributed by atoms with van der Waals surface area (Å²) < 4.78 is 0. The van der Waals surface area contributed by atoms with E-state index in [1.54, 1.807) is 0 Å². The van der Waals surface area contributed by atoms with Gasteiger partial charge in [0.15, 0.2) is 0 Å². The maximum Gasteiger partial charge on any atom is 0.0121 e. The summed E-state index contributed by atoms with van der Waals surface area (Å²) in [6, 6.07) is 0.774. The standard InChI is InChI=1S/C19H35N/c1-5-6-7-8-16(20-4)19-11-15-9-17(2,13-19)12-18(3,10-15)14-19/h15-16,20H,5-14H2,1-4H3. The molecule has 4 saturated carbocycles. The van der Waals surface area contributed by atoms with E-state index < -0.39 is 0 Å². The molecule has 1 N–H and O–H groups in total. The van der Waals surface area contributed by atoms with Crippen LogP contribution < -0.4 is 5.32 Å². The topological polar surface area (TPSA) is 12.0 Å². The van der Waals surface area contributed by atoms with Crippen LogP contribution in [0.4, 0.5) is 0 Å². The van der Waals surface area contributed by atoms with E-state index in [1.807, 2.05) is 0 Å². The zero-order valence-electron chi connectivity index (χ0n) is 14.2. The third-order valence-electron chi connectivity index (χ3n) is 6.85. The van der Waals surface area contributed by atoms with Crippen molar-refractivity contribution in [1.29, 1.82) is 0 Å². The van der Waals surface area contributed by atoms with Crippen molar-refractivity contribution in [3.05, 3.63) is 0 Å². The van der Waals surface area contributed by atoms with Crippen molar-refractivity contribution in [1.82, 2.24) is 5.32 Å². The van der Waals surface area contributed by atoms with Crippen molar-refractivity contribution in [2.24, 2.45) is 22.2 Å². The molecular formula is C19H35N. The molecule has 0 spiro atoms. The number of hydrogen-bond acceptors (Lipinski definition) is 1. The minimum atomic E-state index is 0.630. The molecule has 0 aliphatic heterocycles. The summed E-state index contributed by atoms with van der Waals surface area (Å²) in [5.41, 5.74) is 1.95. The first-order chi connectivity index (χ1) is 9.43. The lowest BCUT2D eigenvalue weighted by atomic mass is 9.39. The summed E-state index contributed by atoms with van der Waals surface area (Å²) >= 11 is 0. The Morgan fingerprint density at radius 3 is 2.15 bits per heavy atom. The molecule has 116 valence electrons. The smallest absolute Gasteiger partial charge is 0.0121 e. The first-order valence-corrected chi connectivity index (χ1v) is 9.10. The summed E-state index contributed by atoms with van der Waals surface area (Å²) in [6.07, 6.45) is 14.7. The molecule has 1 nitrogen and oxygen atoms in total. The van der Waals surface area contributed by atoms with Crippen LogP contribution in [0.2, 0.25) is 0 Å². The zero-order valence-corrected chi connectivity index (χ0v) is 14.2. The van der Waals surface area contributed by atoms with Crippen LogP contribution in [-0.4, -0.2) is 13.1 Å². The van der Waals surface area contributed by atoms with Crippen LogP contribution in [0.25, 0.3) is 0 Å². The minimum absolute atomic E-state index is 0.630. The molecular weight excluding hydrogens is 242 g/mol. The van der Waals surface area contributed by atoms with E-state index in [2.05, 4.69) is 33.1 Å². The molecule has 4 rings (SSSR count). The van der Waals surface area contributed by atoms with Crippen LogP contribution in [0, 0.1) is 22.2 Å². The fourth-order valence-electron chi connectivity index (χ4n) is 7.28. The second-order valence-electron chi connectivity index (χ2n) is 9.33. The van der Waals surface area contributed by atoms with Gasteiger partial charge < -0.3 is 5.32 Å². The molecule has 4 bridgehead atoms. The summed E-state index contributed by atoms with van der Waals surface area (Å²) in [6.45, 7) is 7.52. The summed E-state index contributed by atoms with van der Waals surface area (Å²) in [5, 5.41) is 3.75. The third-order valence-corrected chi connectivity index (χ3v) is 6.85. The zero-order chi connectivity index (χ0) is 14.4. The van der Waals surface area contributed by atoms with Gasteiger partial charge in [-0.3, -0.25) is 0 Å². The lowest BCUT2D eigenvalue weighted by Gasteiger charge is -2.67. The molecule has 0 amide bonds. The Hall–Kier alpha value is -0.0400. The van der Waals surface area contributed by atoms with Gasteiger partial charge in [0.2, 0.25) is 0 Å². The molecule has 3 atom stereocenters. The second kappa shape index (κ2) is 5.00. The molecule has 4 aliphatic rings. The average molecular weight is 277 g/mol. The first kappa shape index (κ1) is 14.9. The van der Waals surface area contributed by atoms with Crippen LogP contribution >= 0.6 is 0 Å². The summed E-state index contributed by atoms with van der Waals surface area (Å²) in [7, 11) is 2.22. The van der Waals surface area contributed by atoms with Crippen molar-refractivity contribution in [2.45, 2.75) is 91.0 Å². The van der Waals surface area contributed by atoms with E-state index in [-0.39, 0.29) is 0 Å². The number of unbranched alkanes of at least 4 members (excludes halogenated alkanes) is 2. The second-order valence-corrected chi connectivity index (χ2v) is 9.33. The van der Waals surface area contributed by atoms with Gasteiger partial charge in [-0.05, 0) is 74.2 Å². The van der Waals surface area contributed by atoms with Crippen LogP contribution in [0.3, 0.4) is 0 Å². The highest BCUT2D eigenvalue weighted by molar-refractivity contribution is 5.13. The molecule has 0 aromatic carbocycles. The van der Waals surface area contributed by atoms with Gasteiger partial charge in [-0.2, -0.15) is 0 Å². The summed E-state index contributed by atoms with van der Waals surface area (Å²) in [5.74, 6) is 1.03. The van der Waals surface area contributed by atoms with E-state index in [9.17, 15) is 0 Å². The van der Waals surface area contributed by atoms with Gasteiger partial charge in [0, 0.05) is 6.04 Å². The van der Waals surface area contributed by atoms with Gasteiger partial charge in [-0.25, -0.2) is 0 Å². The molecule has 3 unspecified atom stereocenters. The SMILES string of the molecule is CCCCCC(NC)C12CC3CC(C)(CC(C)(C3)C1)C2. The molecule has 20 heavy (non-hydrogen) atoms. The van der Waals surface area contributed by atoms with E-state index in [0.29, 0.717) is 16.2 Å². The molecule has 4 fully saturated rings. The number of rotatable bonds is 6. The number of hydrogen-bond donors (Lipinski definition) is 1. The van der Waals surface area contributed by atoms with Crippen LogP contribution in [0.15, 0.2) is 0 Å². The van der Waals surface area contributed by atoms with Crippen molar-refractivity contribution in [2.75, 3.05) is 7.05 Å². The van der Waals surface area contributed by atoms with E-state index in [1.165, 1.54) is 64.2 Å². The van der Waals surface area contributed by atoms with Gasteiger partial charge in [-0.1, -0.05) is 40.0 Å². The van der Waals surface area contributed by atoms with Gasteiger partial charge in [0.05, 0.1) is 0 Å². The molecule has 0 aromatic rings. The Morgan fingerprint density at radius 2 is 1.65 bits per heavy atom. The maximum atomic E-state index is 3.75. The highest BCUT2D eigenvalue weighted by Gasteiger charge is 2.61. The van der Waals surface area contributed by atoms with Gasteiger partial charge >= 0.3 is 0 Å². The van der Waals surface area contributed by atoms with Crippen molar-refractivity contribution >= 4 is 0 Å². The monoisotopic (exact) mass is 277 g/mol. The lowest BCUT2D eigenvalue weighted by molar-refractivity contribution is -0.158. The first-order valence-electron chi connectivity index (χ1n) is 9.10. The average Bonchev–Trinajstić information content (AvgIpc) is 2.29. The molecule has 0 aromatic heterocycles. The lowest BCUT2D eigenvalue weighted by Crippen LogP contribution is -2.61. The predicted octanol–water partition coefficient (Wildman–Crippen LogP) is 5.15. The van der Waals surface area contributed by atoms with E-state index >= 15 is 0 Å². The van der Waals surface area contributed by atoms with Gasteiger partial charge in [0.25, 0.3) is 0 Å². The van der Waals surface area contributed by atoms with Crippen molar-refractivity contribution in [3.63, 3.8) is 0 Å². The fraction of sp³-hybridized carbons (Fsp3) is 1.00. The highest BCUT2D eigenvalue weighted by atomic mass is 14.9. The molecule has 0 heterocycles. The van der Waals surface area contributed by atoms with Gasteiger partial charge in [-0.15, -0.1) is 0 Å². The minimum Gasteiger partial charge on any atom is -0.316 e. The Bertz CT molecular complexity index is 343.